The number of hydrogen-bond donors (Lipinski definition) is 2. The van der Waals surface area contributed by atoms with Crippen LogP contribution < -0.4 is 5.32 Å². The normalized spacial score (nSPS) is 12.7. The van der Waals surface area contributed by atoms with Crippen molar-refractivity contribution in [2.75, 3.05) is 5.32 Å². The zero-order chi connectivity index (χ0) is 17.9. The van der Waals surface area contributed by atoms with Gasteiger partial charge in [0.05, 0.1) is 6.10 Å². The van der Waals surface area contributed by atoms with Gasteiger partial charge in [-0.2, -0.15) is 0 Å². The molecule has 0 spiro atoms. The number of aliphatic hydroxyl groups is 1. The minimum Gasteiger partial charge on any atom is -0.444 e. The highest BCUT2D eigenvalue weighted by Crippen LogP contribution is 2.28. The molecule has 1 aromatic carbocycles. The van der Waals surface area contributed by atoms with Crippen LogP contribution in [0.2, 0.25) is 0 Å². The maximum atomic E-state index is 12.1. The number of hydrogen-bond acceptors (Lipinski definition) is 3. The minimum atomic E-state index is -0.644. The lowest BCUT2D eigenvalue weighted by molar-refractivity contribution is 0.0635. The van der Waals surface area contributed by atoms with E-state index in [2.05, 4.69) is 11.9 Å². The fourth-order valence-electron chi connectivity index (χ4n) is 2.29. The van der Waals surface area contributed by atoms with Crippen molar-refractivity contribution in [2.45, 2.75) is 66.6 Å². The average molecular weight is 319 g/mol. The van der Waals surface area contributed by atoms with Crippen molar-refractivity contribution in [2.24, 2.45) is 0 Å². The topological polar surface area (TPSA) is 58.6 Å². The van der Waals surface area contributed by atoms with Crippen LogP contribution in [0.5, 0.6) is 0 Å². The number of anilines is 1. The van der Waals surface area contributed by atoms with Gasteiger partial charge in [0, 0.05) is 12.1 Å². The van der Waals surface area contributed by atoms with Crippen LogP contribution in [0.1, 0.15) is 49.9 Å². The fraction of sp³-hybridized carbons (Fsp3) is 0.526. The van der Waals surface area contributed by atoms with E-state index < -0.39 is 17.8 Å². The first-order valence-corrected chi connectivity index (χ1v) is 7.85. The number of carbonyl (C=O) groups is 1. The molecule has 0 aromatic heterocycles. The highest BCUT2D eigenvalue weighted by molar-refractivity contribution is 5.86. The molecule has 1 unspecified atom stereocenters. The monoisotopic (exact) mass is 319 g/mol. The average Bonchev–Trinajstić information content (AvgIpc) is 2.38. The molecule has 23 heavy (non-hydrogen) atoms. The quantitative estimate of drug-likeness (QED) is 0.807. The summed E-state index contributed by atoms with van der Waals surface area (Å²) in [7, 11) is 0. The number of carbonyl (C=O) groups excluding carboxylic acids is 1. The van der Waals surface area contributed by atoms with Crippen molar-refractivity contribution in [3.63, 3.8) is 0 Å². The van der Waals surface area contributed by atoms with Crippen LogP contribution in [0, 0.1) is 20.8 Å². The third-order valence-corrected chi connectivity index (χ3v) is 3.89. The highest BCUT2D eigenvalue weighted by atomic mass is 16.6. The number of benzene rings is 1. The van der Waals surface area contributed by atoms with Gasteiger partial charge in [-0.25, -0.2) is 4.79 Å². The molecule has 1 amide bonds. The van der Waals surface area contributed by atoms with Gasteiger partial charge in [-0.3, -0.25) is 5.32 Å². The molecule has 4 heteroatoms. The molecule has 1 atom stereocenters. The van der Waals surface area contributed by atoms with Crippen molar-refractivity contribution in [3.8, 4) is 0 Å². The first-order chi connectivity index (χ1) is 10.4. The molecule has 0 aliphatic heterocycles. The predicted octanol–water partition coefficient (Wildman–Crippen LogP) is 4.44. The summed E-state index contributed by atoms with van der Waals surface area (Å²) in [6.45, 7) is 17.1. The van der Waals surface area contributed by atoms with E-state index in [9.17, 15) is 9.90 Å². The Morgan fingerprint density at radius 1 is 1.30 bits per heavy atom. The Morgan fingerprint density at radius 3 is 2.35 bits per heavy atom. The Morgan fingerprint density at radius 2 is 1.87 bits per heavy atom. The second kappa shape index (κ2) is 7.18. The number of nitrogens with one attached hydrogen (secondary N) is 1. The summed E-state index contributed by atoms with van der Waals surface area (Å²) in [5, 5.41) is 13.0. The largest absolute Gasteiger partial charge is 0.444 e. The van der Waals surface area contributed by atoms with Gasteiger partial charge in [0.25, 0.3) is 0 Å². The number of ether oxygens (including phenoxy) is 1. The summed E-state index contributed by atoms with van der Waals surface area (Å²) < 4.78 is 5.33. The summed E-state index contributed by atoms with van der Waals surface area (Å²) in [6.07, 6.45) is -0.728. The lowest BCUT2D eigenvalue weighted by Gasteiger charge is -2.23. The lowest BCUT2D eigenvalue weighted by Crippen LogP contribution is -2.28. The van der Waals surface area contributed by atoms with Gasteiger partial charge in [0.15, 0.2) is 0 Å². The standard InChI is InChI=1S/C19H29NO3/c1-11(2)17(21)10-15-14(5)13(4)12(3)9-16(15)20-18(22)23-19(6,7)8/h9,17,21H,1,10H2,2-8H3,(H,20,22). The molecule has 0 aliphatic carbocycles. The van der Waals surface area contributed by atoms with Crippen LogP contribution in [-0.4, -0.2) is 22.9 Å². The third-order valence-electron chi connectivity index (χ3n) is 3.89. The molecule has 0 bridgehead atoms. The molecular weight excluding hydrogens is 290 g/mol. The zero-order valence-electron chi connectivity index (χ0n) is 15.3. The van der Waals surface area contributed by atoms with Gasteiger partial charge >= 0.3 is 6.09 Å². The molecular formula is C19H29NO3. The Balaban J connectivity index is 3.19. The van der Waals surface area contributed by atoms with E-state index in [1.807, 2.05) is 47.6 Å². The molecule has 2 N–H and O–H groups in total. The van der Waals surface area contributed by atoms with E-state index in [1.54, 1.807) is 6.92 Å². The van der Waals surface area contributed by atoms with Gasteiger partial charge in [-0.1, -0.05) is 12.2 Å². The molecule has 4 nitrogen and oxygen atoms in total. The first kappa shape index (κ1) is 19.2. The number of amides is 1. The maximum absolute atomic E-state index is 12.1. The SMILES string of the molecule is C=C(C)C(O)Cc1c(NC(=O)OC(C)(C)C)cc(C)c(C)c1C. The maximum Gasteiger partial charge on any atom is 0.412 e. The number of aryl methyl sites for hydroxylation is 1. The van der Waals surface area contributed by atoms with Crippen LogP contribution in [-0.2, 0) is 11.2 Å². The van der Waals surface area contributed by atoms with Crippen molar-refractivity contribution in [1.29, 1.82) is 0 Å². The number of rotatable bonds is 4. The second-order valence-electron chi connectivity index (χ2n) is 7.16. The van der Waals surface area contributed by atoms with Crippen LogP contribution in [0.3, 0.4) is 0 Å². The van der Waals surface area contributed by atoms with Gasteiger partial charge in [0.1, 0.15) is 5.60 Å². The minimum absolute atomic E-state index is 0.410. The van der Waals surface area contributed by atoms with Gasteiger partial charge in [-0.15, -0.1) is 0 Å². The molecule has 1 rings (SSSR count). The Hall–Kier alpha value is -1.81. The third kappa shape index (κ3) is 5.39. The van der Waals surface area contributed by atoms with Gasteiger partial charge in [-0.05, 0) is 76.8 Å². The summed E-state index contributed by atoms with van der Waals surface area (Å²) in [5.74, 6) is 0. The lowest BCUT2D eigenvalue weighted by atomic mass is 9.92. The van der Waals surface area contributed by atoms with Gasteiger partial charge in [0.2, 0.25) is 0 Å². The Kier molecular flexibility index (Phi) is 6.00. The molecule has 0 aliphatic rings. The summed E-state index contributed by atoms with van der Waals surface area (Å²) >= 11 is 0. The fourth-order valence-corrected chi connectivity index (χ4v) is 2.29. The van der Waals surface area contributed by atoms with E-state index in [1.165, 1.54) is 0 Å². The molecule has 0 radical (unpaired) electrons. The van der Waals surface area contributed by atoms with Crippen LogP contribution >= 0.6 is 0 Å². The van der Waals surface area contributed by atoms with Crippen LogP contribution in [0.25, 0.3) is 0 Å². The van der Waals surface area contributed by atoms with Crippen molar-refractivity contribution in [1.82, 2.24) is 0 Å². The van der Waals surface area contributed by atoms with E-state index in [4.69, 9.17) is 4.74 Å². The molecule has 0 heterocycles. The molecule has 0 saturated heterocycles. The van der Waals surface area contributed by atoms with E-state index in [-0.39, 0.29) is 0 Å². The first-order valence-electron chi connectivity index (χ1n) is 7.85. The van der Waals surface area contributed by atoms with Crippen LogP contribution in [0.4, 0.5) is 10.5 Å². The second-order valence-corrected chi connectivity index (χ2v) is 7.16. The highest BCUT2D eigenvalue weighted by Gasteiger charge is 2.20. The van der Waals surface area contributed by atoms with Crippen molar-refractivity contribution < 1.29 is 14.6 Å². The van der Waals surface area contributed by atoms with E-state index in [0.29, 0.717) is 17.7 Å². The van der Waals surface area contributed by atoms with Crippen LogP contribution in [0.15, 0.2) is 18.2 Å². The van der Waals surface area contributed by atoms with Crippen molar-refractivity contribution >= 4 is 11.8 Å². The Labute approximate surface area is 139 Å². The number of aliphatic hydroxyl groups excluding tert-OH is 1. The van der Waals surface area contributed by atoms with E-state index in [0.717, 1.165) is 22.3 Å². The van der Waals surface area contributed by atoms with Crippen molar-refractivity contribution in [3.05, 3.63) is 40.5 Å². The molecule has 0 saturated carbocycles. The predicted molar refractivity (Wildman–Crippen MR) is 95.0 cm³/mol. The molecule has 128 valence electrons. The summed E-state index contributed by atoms with van der Waals surface area (Å²) in [4.78, 5) is 12.1. The van der Waals surface area contributed by atoms with E-state index >= 15 is 0 Å². The van der Waals surface area contributed by atoms with Gasteiger partial charge < -0.3 is 9.84 Å². The summed E-state index contributed by atoms with van der Waals surface area (Å²) in [6, 6.07) is 1.92. The Bertz CT molecular complexity index is 612. The zero-order valence-corrected chi connectivity index (χ0v) is 15.3. The smallest absolute Gasteiger partial charge is 0.412 e. The molecule has 0 fully saturated rings. The molecule has 1 aromatic rings. The summed E-state index contributed by atoms with van der Waals surface area (Å²) in [5.41, 5.74) is 5.04.